The van der Waals surface area contributed by atoms with Crippen molar-refractivity contribution in [1.82, 2.24) is 4.98 Å². The van der Waals surface area contributed by atoms with Gasteiger partial charge in [-0.25, -0.2) is 9.37 Å². The molecule has 0 saturated carbocycles. The number of nitrogens with two attached hydrogens (primary N) is 1. The van der Waals surface area contributed by atoms with Crippen LogP contribution in [0.1, 0.15) is 26.4 Å². The summed E-state index contributed by atoms with van der Waals surface area (Å²) in [5.74, 6) is -1.46. The number of primary amides is 1. The second kappa shape index (κ2) is 8.05. The van der Waals surface area contributed by atoms with Gasteiger partial charge in [-0.15, -0.1) is 0 Å². The van der Waals surface area contributed by atoms with Crippen LogP contribution < -0.4 is 21.1 Å². The van der Waals surface area contributed by atoms with Crippen LogP contribution in [0.25, 0.3) is 0 Å². The molecule has 2 amide bonds. The Kier molecular flexibility index (Phi) is 5.55. The van der Waals surface area contributed by atoms with E-state index in [9.17, 15) is 14.0 Å². The molecular formula is C19H17FN4O3S. The van der Waals surface area contributed by atoms with Crippen molar-refractivity contribution < 1.29 is 18.7 Å². The van der Waals surface area contributed by atoms with Gasteiger partial charge in [-0.3, -0.25) is 9.59 Å². The largest absolute Gasteiger partial charge is 0.497 e. The van der Waals surface area contributed by atoms with E-state index >= 15 is 0 Å². The highest BCUT2D eigenvalue weighted by Crippen LogP contribution is 2.31. The molecule has 0 spiro atoms. The molecule has 3 rings (SSSR count). The van der Waals surface area contributed by atoms with Crippen LogP contribution in [-0.4, -0.2) is 23.9 Å². The van der Waals surface area contributed by atoms with E-state index in [0.717, 1.165) is 11.3 Å². The number of benzene rings is 2. The van der Waals surface area contributed by atoms with Crippen molar-refractivity contribution in [3.05, 3.63) is 65.1 Å². The number of methoxy groups -OCH3 is 1. The molecule has 3 aromatic rings. The minimum Gasteiger partial charge on any atom is -0.497 e. The molecule has 0 fully saturated rings. The summed E-state index contributed by atoms with van der Waals surface area (Å²) in [6, 6.07) is 11.3. The minimum atomic E-state index is -0.807. The number of carbonyl (C=O) groups is 2. The van der Waals surface area contributed by atoms with Crippen LogP contribution in [0.4, 0.5) is 20.2 Å². The number of aromatic nitrogens is 1. The lowest BCUT2D eigenvalue weighted by Gasteiger charge is -2.05. The number of carbonyl (C=O) groups excluding carboxylic acids is 2. The lowest BCUT2D eigenvalue weighted by Crippen LogP contribution is -2.18. The molecule has 0 bridgehead atoms. The van der Waals surface area contributed by atoms with Crippen LogP contribution >= 0.6 is 11.3 Å². The fourth-order valence-electron chi connectivity index (χ4n) is 2.40. The fraction of sp³-hybridized carbons (Fsp3) is 0.105. The summed E-state index contributed by atoms with van der Waals surface area (Å²) < 4.78 is 19.1. The second-order valence-electron chi connectivity index (χ2n) is 5.85. The first-order valence-corrected chi connectivity index (χ1v) is 8.98. The highest BCUT2D eigenvalue weighted by molar-refractivity contribution is 7.20. The van der Waals surface area contributed by atoms with Crippen LogP contribution in [0, 0.1) is 12.7 Å². The Hall–Kier alpha value is -3.46. The van der Waals surface area contributed by atoms with Gasteiger partial charge in [0.15, 0.2) is 10.8 Å². The fourth-order valence-corrected chi connectivity index (χ4v) is 3.28. The SMILES string of the molecule is COc1ccc(Nc2nc(C(N)=O)c(NC(=O)c3ccc(C)cc3F)s2)cc1. The summed E-state index contributed by atoms with van der Waals surface area (Å²) >= 11 is 1.02. The molecule has 0 unspecified atom stereocenters. The van der Waals surface area contributed by atoms with Gasteiger partial charge in [-0.05, 0) is 48.9 Å². The summed E-state index contributed by atoms with van der Waals surface area (Å²) in [5.41, 5.74) is 6.50. The van der Waals surface area contributed by atoms with Gasteiger partial charge in [-0.1, -0.05) is 17.4 Å². The van der Waals surface area contributed by atoms with Crippen LogP contribution in [0.2, 0.25) is 0 Å². The third-order valence-electron chi connectivity index (χ3n) is 3.80. The molecule has 0 radical (unpaired) electrons. The molecule has 9 heteroatoms. The molecule has 0 aliphatic carbocycles. The molecule has 2 aromatic carbocycles. The summed E-state index contributed by atoms with van der Waals surface area (Å²) in [4.78, 5) is 28.2. The zero-order valence-corrected chi connectivity index (χ0v) is 15.9. The second-order valence-corrected chi connectivity index (χ2v) is 6.85. The van der Waals surface area contributed by atoms with Crippen LogP contribution in [0.3, 0.4) is 0 Å². The molecule has 4 N–H and O–H groups in total. The molecule has 1 heterocycles. The first-order valence-electron chi connectivity index (χ1n) is 8.16. The van der Waals surface area contributed by atoms with E-state index in [1.54, 1.807) is 44.4 Å². The van der Waals surface area contributed by atoms with E-state index in [2.05, 4.69) is 15.6 Å². The van der Waals surface area contributed by atoms with Gasteiger partial charge in [0, 0.05) is 5.69 Å². The maximum atomic E-state index is 14.0. The van der Waals surface area contributed by atoms with Gasteiger partial charge in [0.2, 0.25) is 0 Å². The van der Waals surface area contributed by atoms with E-state index in [1.807, 2.05) is 0 Å². The number of aryl methyl sites for hydroxylation is 1. The van der Waals surface area contributed by atoms with Gasteiger partial charge in [0.25, 0.3) is 11.8 Å². The Morgan fingerprint density at radius 2 is 1.89 bits per heavy atom. The maximum Gasteiger partial charge on any atom is 0.270 e. The number of thiazole rings is 1. The summed E-state index contributed by atoms with van der Waals surface area (Å²) in [6.45, 7) is 1.72. The Morgan fingerprint density at radius 1 is 1.18 bits per heavy atom. The summed E-state index contributed by atoms with van der Waals surface area (Å²) in [7, 11) is 1.56. The number of amides is 2. The highest BCUT2D eigenvalue weighted by Gasteiger charge is 2.20. The average molecular weight is 400 g/mol. The standard InChI is InChI=1S/C19H17FN4O3S/c1-10-3-8-13(14(20)9-10)17(26)24-18-15(16(21)25)23-19(28-18)22-11-4-6-12(27-2)7-5-11/h3-9H,1-2H3,(H2,21,25)(H,22,23)(H,24,26). The van der Waals surface area contributed by atoms with Crippen molar-refractivity contribution in [2.45, 2.75) is 6.92 Å². The van der Waals surface area contributed by atoms with Crippen molar-refractivity contribution in [2.75, 3.05) is 17.7 Å². The van der Waals surface area contributed by atoms with Crippen molar-refractivity contribution in [3.8, 4) is 5.75 Å². The normalized spacial score (nSPS) is 10.4. The predicted octanol–water partition coefficient (Wildman–Crippen LogP) is 3.69. The average Bonchev–Trinajstić information content (AvgIpc) is 3.04. The molecule has 0 aliphatic rings. The van der Waals surface area contributed by atoms with Gasteiger partial charge in [-0.2, -0.15) is 0 Å². The zero-order chi connectivity index (χ0) is 20.3. The number of nitrogens with one attached hydrogen (secondary N) is 2. The number of hydrogen-bond donors (Lipinski definition) is 3. The summed E-state index contributed by atoms with van der Waals surface area (Å²) in [6.07, 6.45) is 0. The highest BCUT2D eigenvalue weighted by atomic mass is 32.1. The van der Waals surface area contributed by atoms with Gasteiger partial charge in [0.05, 0.1) is 12.7 Å². The molecule has 0 atom stereocenters. The third kappa shape index (κ3) is 4.26. The van der Waals surface area contributed by atoms with Crippen LogP contribution in [0.5, 0.6) is 5.75 Å². The lowest BCUT2D eigenvalue weighted by molar-refractivity contribution is 0.0997. The Bertz CT molecular complexity index is 1030. The number of nitrogens with zero attached hydrogens (tertiary/aromatic N) is 1. The van der Waals surface area contributed by atoms with Crippen molar-refractivity contribution >= 4 is 39.0 Å². The molecule has 0 saturated heterocycles. The molecule has 1 aromatic heterocycles. The van der Waals surface area contributed by atoms with Gasteiger partial charge in [0.1, 0.15) is 16.6 Å². The van der Waals surface area contributed by atoms with Crippen LogP contribution in [-0.2, 0) is 0 Å². The van der Waals surface area contributed by atoms with Gasteiger partial charge < -0.3 is 21.1 Å². The molecule has 28 heavy (non-hydrogen) atoms. The lowest BCUT2D eigenvalue weighted by atomic mass is 10.1. The maximum absolute atomic E-state index is 14.0. The van der Waals surface area contributed by atoms with Gasteiger partial charge >= 0.3 is 0 Å². The molecule has 7 nitrogen and oxygen atoms in total. The third-order valence-corrected chi connectivity index (χ3v) is 4.68. The monoisotopic (exact) mass is 400 g/mol. The van der Waals surface area contributed by atoms with Crippen molar-refractivity contribution in [2.24, 2.45) is 5.73 Å². The number of hydrogen-bond acceptors (Lipinski definition) is 6. The molecular weight excluding hydrogens is 383 g/mol. The van der Waals surface area contributed by atoms with E-state index in [-0.39, 0.29) is 16.3 Å². The quantitative estimate of drug-likeness (QED) is 0.585. The number of rotatable bonds is 6. The van der Waals surface area contributed by atoms with Crippen molar-refractivity contribution in [3.63, 3.8) is 0 Å². The van der Waals surface area contributed by atoms with E-state index in [0.29, 0.717) is 22.1 Å². The smallest absolute Gasteiger partial charge is 0.270 e. The Labute approximate surface area is 164 Å². The molecule has 144 valence electrons. The molecule has 0 aliphatic heterocycles. The zero-order valence-electron chi connectivity index (χ0n) is 15.1. The number of anilines is 3. The number of ether oxygens (including phenoxy) is 1. The minimum absolute atomic E-state index is 0.109. The van der Waals surface area contributed by atoms with E-state index < -0.39 is 17.6 Å². The Balaban J connectivity index is 1.83. The predicted molar refractivity (Wildman–Crippen MR) is 106 cm³/mol. The van der Waals surface area contributed by atoms with Crippen molar-refractivity contribution in [1.29, 1.82) is 0 Å². The van der Waals surface area contributed by atoms with E-state index in [4.69, 9.17) is 10.5 Å². The Morgan fingerprint density at radius 3 is 2.50 bits per heavy atom. The summed E-state index contributed by atoms with van der Waals surface area (Å²) in [5, 5.41) is 6.01. The first-order chi connectivity index (χ1) is 13.4. The first kappa shape index (κ1) is 19.3. The van der Waals surface area contributed by atoms with Crippen LogP contribution in [0.15, 0.2) is 42.5 Å². The topological polar surface area (TPSA) is 106 Å². The van der Waals surface area contributed by atoms with E-state index in [1.165, 1.54) is 12.1 Å². The number of halogens is 1.